The SMILES string of the molecule is CCCOc1ccc(NC(=O)C(=O)N/N=C\c2cc(Cl)ccc2OCc2c(F)cccc2Cl)cc1. The van der Waals surface area contributed by atoms with E-state index in [1.165, 1.54) is 24.4 Å². The predicted molar refractivity (Wildman–Crippen MR) is 134 cm³/mol. The number of nitrogens with one attached hydrogen (secondary N) is 2. The molecule has 0 aliphatic carbocycles. The summed E-state index contributed by atoms with van der Waals surface area (Å²) in [4.78, 5) is 24.2. The molecule has 3 aromatic rings. The van der Waals surface area contributed by atoms with Gasteiger partial charge in [0.05, 0.1) is 17.8 Å². The zero-order valence-corrected chi connectivity index (χ0v) is 20.2. The van der Waals surface area contributed by atoms with E-state index < -0.39 is 17.6 Å². The molecule has 0 heterocycles. The smallest absolute Gasteiger partial charge is 0.329 e. The first-order valence-corrected chi connectivity index (χ1v) is 11.4. The molecule has 0 spiro atoms. The molecule has 35 heavy (non-hydrogen) atoms. The Labute approximate surface area is 211 Å². The van der Waals surface area contributed by atoms with E-state index in [1.54, 1.807) is 42.5 Å². The second-order valence-electron chi connectivity index (χ2n) is 7.20. The van der Waals surface area contributed by atoms with Crippen molar-refractivity contribution in [2.45, 2.75) is 20.0 Å². The average molecular weight is 518 g/mol. The molecular formula is C25H22Cl2FN3O4. The van der Waals surface area contributed by atoms with Gasteiger partial charge in [0.2, 0.25) is 0 Å². The number of nitrogens with zero attached hydrogens (tertiary/aromatic N) is 1. The zero-order valence-electron chi connectivity index (χ0n) is 18.7. The summed E-state index contributed by atoms with van der Waals surface area (Å²) in [6.07, 6.45) is 2.14. The number of amides is 2. The second-order valence-corrected chi connectivity index (χ2v) is 8.04. The van der Waals surface area contributed by atoms with Gasteiger partial charge in [-0.2, -0.15) is 5.10 Å². The van der Waals surface area contributed by atoms with Gasteiger partial charge < -0.3 is 14.8 Å². The van der Waals surface area contributed by atoms with E-state index in [1.807, 2.05) is 6.92 Å². The lowest BCUT2D eigenvalue weighted by Crippen LogP contribution is -2.32. The molecule has 0 atom stereocenters. The number of carbonyl (C=O) groups is 2. The lowest BCUT2D eigenvalue weighted by Gasteiger charge is -2.11. The normalized spacial score (nSPS) is 10.7. The molecule has 0 bridgehead atoms. The quantitative estimate of drug-likeness (QED) is 0.220. The van der Waals surface area contributed by atoms with Crippen molar-refractivity contribution in [3.63, 3.8) is 0 Å². The highest BCUT2D eigenvalue weighted by atomic mass is 35.5. The molecule has 10 heteroatoms. The molecule has 0 unspecified atom stereocenters. The Balaban J connectivity index is 1.59. The van der Waals surface area contributed by atoms with Crippen LogP contribution in [0.25, 0.3) is 0 Å². The van der Waals surface area contributed by atoms with Crippen LogP contribution in [-0.2, 0) is 16.2 Å². The molecule has 3 aromatic carbocycles. The van der Waals surface area contributed by atoms with Crippen LogP contribution < -0.4 is 20.2 Å². The highest BCUT2D eigenvalue weighted by molar-refractivity contribution is 6.39. The molecule has 182 valence electrons. The van der Waals surface area contributed by atoms with Gasteiger partial charge in [0, 0.05) is 21.8 Å². The van der Waals surface area contributed by atoms with Gasteiger partial charge in [0.15, 0.2) is 0 Å². The largest absolute Gasteiger partial charge is 0.494 e. The van der Waals surface area contributed by atoms with E-state index in [9.17, 15) is 14.0 Å². The number of anilines is 1. The molecule has 3 rings (SSSR count). The Morgan fingerprint density at radius 3 is 2.51 bits per heavy atom. The fourth-order valence-electron chi connectivity index (χ4n) is 2.83. The summed E-state index contributed by atoms with van der Waals surface area (Å²) in [7, 11) is 0. The maximum Gasteiger partial charge on any atom is 0.329 e. The maximum absolute atomic E-state index is 14.0. The monoisotopic (exact) mass is 517 g/mol. The molecule has 0 radical (unpaired) electrons. The van der Waals surface area contributed by atoms with Crippen molar-refractivity contribution in [3.05, 3.63) is 87.7 Å². The second kappa shape index (κ2) is 12.7. The molecule has 0 saturated carbocycles. The Kier molecular flexibility index (Phi) is 9.46. The van der Waals surface area contributed by atoms with E-state index >= 15 is 0 Å². The van der Waals surface area contributed by atoms with Crippen molar-refractivity contribution < 1.29 is 23.5 Å². The summed E-state index contributed by atoms with van der Waals surface area (Å²) in [6, 6.07) is 15.7. The van der Waals surface area contributed by atoms with Crippen molar-refractivity contribution in [1.29, 1.82) is 0 Å². The number of carbonyl (C=O) groups excluding carboxylic acids is 2. The van der Waals surface area contributed by atoms with Crippen molar-refractivity contribution in [2.75, 3.05) is 11.9 Å². The molecule has 0 aliphatic heterocycles. The van der Waals surface area contributed by atoms with Gasteiger partial charge in [0.25, 0.3) is 0 Å². The van der Waals surface area contributed by atoms with Crippen LogP contribution in [0.4, 0.5) is 10.1 Å². The molecule has 0 fully saturated rings. The van der Waals surface area contributed by atoms with Crippen LogP contribution in [0, 0.1) is 5.82 Å². The highest BCUT2D eigenvalue weighted by Gasteiger charge is 2.14. The Hall–Kier alpha value is -3.62. The van der Waals surface area contributed by atoms with Crippen molar-refractivity contribution >= 4 is 46.9 Å². The number of ether oxygens (including phenoxy) is 2. The number of rotatable bonds is 9. The topological polar surface area (TPSA) is 89.0 Å². The summed E-state index contributed by atoms with van der Waals surface area (Å²) in [6.45, 7) is 2.45. The molecule has 0 aromatic heterocycles. The van der Waals surface area contributed by atoms with Gasteiger partial charge in [-0.15, -0.1) is 0 Å². The van der Waals surface area contributed by atoms with Crippen LogP contribution >= 0.6 is 23.2 Å². The van der Waals surface area contributed by atoms with Gasteiger partial charge in [-0.05, 0) is 61.0 Å². The van der Waals surface area contributed by atoms with Crippen molar-refractivity contribution in [2.24, 2.45) is 5.10 Å². The number of halogens is 3. The first-order valence-electron chi connectivity index (χ1n) is 10.6. The minimum absolute atomic E-state index is 0.134. The van der Waals surface area contributed by atoms with Crippen LogP contribution in [0.1, 0.15) is 24.5 Å². The van der Waals surface area contributed by atoms with Crippen LogP contribution in [0.2, 0.25) is 10.0 Å². The third-order valence-electron chi connectivity index (χ3n) is 4.57. The average Bonchev–Trinajstić information content (AvgIpc) is 2.84. The van der Waals surface area contributed by atoms with Gasteiger partial charge in [-0.1, -0.05) is 36.2 Å². The Morgan fingerprint density at radius 2 is 1.80 bits per heavy atom. The van der Waals surface area contributed by atoms with Crippen LogP contribution in [0.3, 0.4) is 0 Å². The van der Waals surface area contributed by atoms with Gasteiger partial charge in [-0.3, -0.25) is 9.59 Å². The number of benzene rings is 3. The number of hydrazone groups is 1. The molecule has 7 nitrogen and oxygen atoms in total. The Bertz CT molecular complexity index is 1200. The third-order valence-corrected chi connectivity index (χ3v) is 5.16. The van der Waals surface area contributed by atoms with E-state index in [-0.39, 0.29) is 17.2 Å². The van der Waals surface area contributed by atoms with Gasteiger partial charge >= 0.3 is 11.8 Å². The highest BCUT2D eigenvalue weighted by Crippen LogP contribution is 2.25. The maximum atomic E-state index is 14.0. The van der Waals surface area contributed by atoms with E-state index in [0.717, 1.165) is 6.42 Å². The molecule has 0 aliphatic rings. The predicted octanol–water partition coefficient (Wildman–Crippen LogP) is 5.59. The lowest BCUT2D eigenvalue weighted by atomic mass is 10.2. The minimum atomic E-state index is -0.977. The van der Waals surface area contributed by atoms with Gasteiger partial charge in [0.1, 0.15) is 23.9 Å². The Morgan fingerprint density at radius 1 is 1.03 bits per heavy atom. The fourth-order valence-corrected chi connectivity index (χ4v) is 3.22. The molecule has 0 saturated heterocycles. The van der Waals surface area contributed by atoms with E-state index in [2.05, 4.69) is 15.8 Å². The van der Waals surface area contributed by atoms with Crippen LogP contribution in [-0.4, -0.2) is 24.6 Å². The summed E-state index contributed by atoms with van der Waals surface area (Å²) < 4.78 is 25.2. The van der Waals surface area contributed by atoms with Crippen LogP contribution in [0.15, 0.2) is 65.8 Å². The molecular weight excluding hydrogens is 496 g/mol. The summed E-state index contributed by atoms with van der Waals surface area (Å²) >= 11 is 12.1. The fraction of sp³-hybridized carbons (Fsp3) is 0.160. The first-order chi connectivity index (χ1) is 16.9. The van der Waals surface area contributed by atoms with E-state index in [4.69, 9.17) is 32.7 Å². The number of hydrogen-bond donors (Lipinski definition) is 2. The van der Waals surface area contributed by atoms with Gasteiger partial charge in [-0.25, -0.2) is 9.82 Å². The standard InChI is InChI=1S/C25H22Cl2FN3O4/c1-2-12-34-19-9-7-18(8-10-19)30-24(32)25(33)31-29-14-16-13-17(26)6-11-23(16)35-15-20-21(27)4-3-5-22(20)28/h3-11,13-14H,2,12,15H2,1H3,(H,30,32)(H,31,33)/b29-14-. The zero-order chi connectivity index (χ0) is 25.2. The first kappa shape index (κ1) is 26.0. The minimum Gasteiger partial charge on any atom is -0.494 e. The van der Waals surface area contributed by atoms with E-state index in [0.29, 0.717) is 34.4 Å². The molecule has 2 N–H and O–H groups in total. The van der Waals surface area contributed by atoms with Crippen molar-refractivity contribution in [1.82, 2.24) is 5.43 Å². The lowest BCUT2D eigenvalue weighted by molar-refractivity contribution is -0.136. The summed E-state index contributed by atoms with van der Waals surface area (Å²) in [5.41, 5.74) is 3.16. The molecule has 2 amide bonds. The van der Waals surface area contributed by atoms with Crippen LogP contribution in [0.5, 0.6) is 11.5 Å². The summed E-state index contributed by atoms with van der Waals surface area (Å²) in [5.74, 6) is -1.39. The van der Waals surface area contributed by atoms with Crippen molar-refractivity contribution in [3.8, 4) is 11.5 Å². The summed E-state index contributed by atoms with van der Waals surface area (Å²) in [5, 5.41) is 6.89. The number of hydrogen-bond acceptors (Lipinski definition) is 5. The third kappa shape index (κ3) is 7.70.